The second kappa shape index (κ2) is 10.4. The highest BCUT2D eigenvalue weighted by molar-refractivity contribution is 6.30. The van der Waals surface area contributed by atoms with E-state index in [0.29, 0.717) is 31.4 Å². The van der Waals surface area contributed by atoms with Gasteiger partial charge in [0.25, 0.3) is 5.91 Å². The molecule has 5 rings (SSSR count). The first-order chi connectivity index (χ1) is 15.9. The number of fused-ring (bicyclic) bond motifs is 2. The van der Waals surface area contributed by atoms with Crippen LogP contribution in [0.15, 0.2) is 42.5 Å². The monoisotopic (exact) mass is 474 g/mol. The molecule has 0 radical (unpaired) electrons. The molecule has 2 amide bonds. The van der Waals surface area contributed by atoms with Crippen molar-refractivity contribution < 1.29 is 23.5 Å². The van der Waals surface area contributed by atoms with Crippen LogP contribution in [-0.2, 0) is 16.1 Å². The summed E-state index contributed by atoms with van der Waals surface area (Å²) in [5.74, 6) is 0.845. The van der Waals surface area contributed by atoms with Crippen LogP contribution in [0.1, 0.15) is 31.7 Å². The van der Waals surface area contributed by atoms with Crippen LogP contribution < -0.4 is 20.1 Å². The normalized spacial score (nSPS) is 23.2. The van der Waals surface area contributed by atoms with Crippen molar-refractivity contribution in [1.29, 1.82) is 0 Å². The van der Waals surface area contributed by atoms with E-state index in [0.717, 1.165) is 30.2 Å². The van der Waals surface area contributed by atoms with E-state index in [9.17, 15) is 14.0 Å². The van der Waals surface area contributed by atoms with Gasteiger partial charge >= 0.3 is 0 Å². The fourth-order valence-corrected chi connectivity index (χ4v) is 4.79. The van der Waals surface area contributed by atoms with E-state index >= 15 is 0 Å². The van der Waals surface area contributed by atoms with Gasteiger partial charge in [-0.2, -0.15) is 0 Å². The maximum absolute atomic E-state index is 13.5. The number of hydrogen-bond acceptors (Lipinski definition) is 4. The number of halogens is 2. The fraction of sp³-hybridized carbons (Fsp3) is 0.440. The van der Waals surface area contributed by atoms with E-state index in [2.05, 4.69) is 10.6 Å². The summed E-state index contributed by atoms with van der Waals surface area (Å²) >= 11 is 5.66. The van der Waals surface area contributed by atoms with Gasteiger partial charge in [0.15, 0.2) is 6.61 Å². The lowest BCUT2D eigenvalue weighted by molar-refractivity contribution is -0.136. The molecular weight excluding hydrogens is 447 g/mol. The van der Waals surface area contributed by atoms with Crippen molar-refractivity contribution >= 4 is 23.4 Å². The van der Waals surface area contributed by atoms with E-state index in [1.54, 1.807) is 0 Å². The van der Waals surface area contributed by atoms with Crippen molar-refractivity contribution in [1.82, 2.24) is 10.6 Å². The van der Waals surface area contributed by atoms with Crippen molar-refractivity contribution in [2.75, 3.05) is 13.2 Å². The zero-order valence-electron chi connectivity index (χ0n) is 18.5. The lowest BCUT2D eigenvalue weighted by atomic mass is 9.57. The lowest BCUT2D eigenvalue weighted by Crippen LogP contribution is -2.56. The average molecular weight is 475 g/mol. The summed E-state index contributed by atoms with van der Waals surface area (Å²) in [4.78, 5) is 25.3. The minimum absolute atomic E-state index is 0.000359. The molecule has 6 nitrogen and oxygen atoms in total. The molecular formula is C25H28ClFN2O4. The molecule has 0 spiro atoms. The highest BCUT2D eigenvalue weighted by Crippen LogP contribution is 2.49. The van der Waals surface area contributed by atoms with Gasteiger partial charge in [-0.05, 0) is 67.9 Å². The SMILES string of the molecule is CCOc1ccc(CNC(=O)C2C[C@H](NC(=O)COc3ccc(Cl)c(F)c3)C3CC2C3)cc1. The molecule has 0 heterocycles. The molecule has 2 bridgehead atoms. The maximum atomic E-state index is 13.5. The van der Waals surface area contributed by atoms with Crippen molar-refractivity contribution in [2.24, 2.45) is 17.8 Å². The van der Waals surface area contributed by atoms with Crippen LogP contribution in [0.25, 0.3) is 0 Å². The summed E-state index contributed by atoms with van der Waals surface area (Å²) in [6.07, 6.45) is 2.50. The van der Waals surface area contributed by atoms with Crippen molar-refractivity contribution in [3.05, 3.63) is 58.9 Å². The van der Waals surface area contributed by atoms with Crippen LogP contribution in [-0.4, -0.2) is 31.1 Å². The molecule has 33 heavy (non-hydrogen) atoms. The maximum Gasteiger partial charge on any atom is 0.258 e. The molecule has 2 N–H and O–H groups in total. The third kappa shape index (κ3) is 5.77. The Bertz CT molecular complexity index is 994. The van der Waals surface area contributed by atoms with Crippen LogP contribution >= 0.6 is 11.6 Å². The largest absolute Gasteiger partial charge is 0.494 e. The Balaban J connectivity index is 1.25. The molecule has 2 aromatic rings. The van der Waals surface area contributed by atoms with Crippen LogP contribution in [0.5, 0.6) is 11.5 Å². The van der Waals surface area contributed by atoms with Gasteiger partial charge in [0.05, 0.1) is 11.6 Å². The molecule has 0 aromatic heterocycles. The van der Waals surface area contributed by atoms with Gasteiger partial charge in [0, 0.05) is 24.6 Å². The predicted molar refractivity (Wildman–Crippen MR) is 123 cm³/mol. The topological polar surface area (TPSA) is 76.7 Å². The van der Waals surface area contributed by atoms with Gasteiger partial charge in [-0.25, -0.2) is 4.39 Å². The minimum Gasteiger partial charge on any atom is -0.494 e. The standard InChI is InChI=1S/C25H28ClFN2O4/c1-2-32-18-5-3-15(4-6-18)13-28-25(31)20-12-23(17-9-16(20)10-17)29-24(30)14-33-19-7-8-21(26)22(27)11-19/h3-8,11,16-17,20,23H,2,9-10,12-14H2,1H3,(H,28,31)(H,29,30)/t16?,17?,20?,23-/m0/s1. The number of benzene rings is 2. The summed E-state index contributed by atoms with van der Waals surface area (Å²) in [7, 11) is 0. The highest BCUT2D eigenvalue weighted by atomic mass is 35.5. The van der Waals surface area contributed by atoms with Crippen LogP contribution in [0.2, 0.25) is 5.02 Å². The Morgan fingerprint density at radius 3 is 2.45 bits per heavy atom. The van der Waals surface area contributed by atoms with Crippen LogP contribution in [0.3, 0.4) is 0 Å². The first-order valence-electron chi connectivity index (χ1n) is 11.3. The Hall–Kier alpha value is -2.80. The quantitative estimate of drug-likeness (QED) is 0.573. The summed E-state index contributed by atoms with van der Waals surface area (Å²) in [5.41, 5.74) is 1.01. The summed E-state index contributed by atoms with van der Waals surface area (Å²) in [5, 5.41) is 6.04. The molecule has 3 aliphatic carbocycles. The van der Waals surface area contributed by atoms with Gasteiger partial charge in [-0.3, -0.25) is 9.59 Å². The number of ether oxygens (including phenoxy) is 2. The van der Waals surface area contributed by atoms with Crippen molar-refractivity contribution in [2.45, 2.75) is 38.8 Å². The molecule has 2 aromatic carbocycles. The highest BCUT2D eigenvalue weighted by Gasteiger charge is 2.48. The Kier molecular flexibility index (Phi) is 7.38. The van der Waals surface area contributed by atoms with E-state index < -0.39 is 5.82 Å². The summed E-state index contributed by atoms with van der Waals surface area (Å²) in [6, 6.07) is 11.7. The molecule has 2 atom stereocenters. The second-order valence-corrected chi connectivity index (χ2v) is 9.07. The van der Waals surface area contributed by atoms with Gasteiger partial charge in [-0.15, -0.1) is 0 Å². The minimum atomic E-state index is -0.596. The number of carbonyl (C=O) groups is 2. The molecule has 0 aliphatic heterocycles. The van der Waals surface area contributed by atoms with Crippen LogP contribution in [0, 0.1) is 23.6 Å². The van der Waals surface area contributed by atoms with Gasteiger partial charge in [0.2, 0.25) is 5.91 Å². The molecule has 0 saturated heterocycles. The van der Waals surface area contributed by atoms with Gasteiger partial charge in [0.1, 0.15) is 17.3 Å². The number of amides is 2. The smallest absolute Gasteiger partial charge is 0.258 e. The molecule has 3 saturated carbocycles. The van der Waals surface area contributed by atoms with Crippen LogP contribution in [0.4, 0.5) is 4.39 Å². The zero-order valence-corrected chi connectivity index (χ0v) is 19.2. The molecule has 3 fully saturated rings. The first-order valence-corrected chi connectivity index (χ1v) is 11.7. The predicted octanol–water partition coefficient (Wildman–Crippen LogP) is 4.10. The number of nitrogens with one attached hydrogen (secondary N) is 2. The average Bonchev–Trinajstić information content (AvgIpc) is 2.78. The molecule has 3 aliphatic rings. The summed E-state index contributed by atoms with van der Waals surface area (Å²) in [6.45, 7) is 2.79. The number of hydrogen-bond donors (Lipinski definition) is 2. The van der Waals surface area contributed by atoms with E-state index in [1.165, 1.54) is 12.1 Å². The van der Waals surface area contributed by atoms with Crippen molar-refractivity contribution in [3.8, 4) is 11.5 Å². The Labute approximate surface area is 197 Å². The Morgan fingerprint density at radius 2 is 1.76 bits per heavy atom. The van der Waals surface area contributed by atoms with Gasteiger partial charge in [-0.1, -0.05) is 23.7 Å². The number of rotatable bonds is 9. The van der Waals surface area contributed by atoms with E-state index in [-0.39, 0.29) is 41.2 Å². The van der Waals surface area contributed by atoms with E-state index in [4.69, 9.17) is 21.1 Å². The third-order valence-electron chi connectivity index (χ3n) is 6.50. The molecule has 1 unspecified atom stereocenters. The molecule has 176 valence electrons. The third-order valence-corrected chi connectivity index (χ3v) is 6.81. The zero-order chi connectivity index (χ0) is 23.4. The van der Waals surface area contributed by atoms with Gasteiger partial charge < -0.3 is 20.1 Å². The fourth-order valence-electron chi connectivity index (χ4n) is 4.68. The first kappa shape index (κ1) is 23.4. The second-order valence-electron chi connectivity index (χ2n) is 8.67. The van der Waals surface area contributed by atoms with Crippen molar-refractivity contribution in [3.63, 3.8) is 0 Å². The summed E-state index contributed by atoms with van der Waals surface area (Å²) < 4.78 is 24.3. The van der Waals surface area contributed by atoms with E-state index in [1.807, 2.05) is 31.2 Å². The Morgan fingerprint density at radius 1 is 1.03 bits per heavy atom. The lowest BCUT2D eigenvalue weighted by Gasteiger charge is -2.50. The number of carbonyl (C=O) groups excluding carboxylic acids is 2. The molecule has 8 heteroatoms.